The van der Waals surface area contributed by atoms with E-state index in [2.05, 4.69) is 34.0 Å². The van der Waals surface area contributed by atoms with Gasteiger partial charge in [-0.25, -0.2) is 4.39 Å². The van der Waals surface area contributed by atoms with Gasteiger partial charge in [0, 0.05) is 44.1 Å². The second-order valence-corrected chi connectivity index (χ2v) is 10.2. The highest BCUT2D eigenvalue weighted by Crippen LogP contribution is 2.30. The molecule has 0 radical (unpaired) electrons. The van der Waals surface area contributed by atoms with Crippen molar-refractivity contribution in [2.24, 2.45) is 0 Å². The molecule has 3 heterocycles. The van der Waals surface area contributed by atoms with E-state index in [1.54, 1.807) is 17.2 Å². The summed E-state index contributed by atoms with van der Waals surface area (Å²) in [6.45, 7) is 5.91. The third kappa shape index (κ3) is 7.90. The van der Waals surface area contributed by atoms with Gasteiger partial charge >= 0.3 is 6.18 Å². The highest BCUT2D eigenvalue weighted by atomic mass is 19.4. The summed E-state index contributed by atoms with van der Waals surface area (Å²) >= 11 is 0. The van der Waals surface area contributed by atoms with Crippen molar-refractivity contribution in [3.63, 3.8) is 0 Å². The van der Waals surface area contributed by atoms with Gasteiger partial charge in [-0.1, -0.05) is 12.1 Å². The van der Waals surface area contributed by atoms with E-state index in [1.807, 2.05) is 0 Å². The van der Waals surface area contributed by atoms with Crippen molar-refractivity contribution in [1.29, 1.82) is 0 Å². The normalized spacial score (nSPS) is 15.0. The van der Waals surface area contributed by atoms with Gasteiger partial charge in [0.1, 0.15) is 0 Å². The minimum absolute atomic E-state index is 0.0963. The third-order valence-corrected chi connectivity index (χ3v) is 7.05. The standard InChI is InChI=1S/C30H31F4N5O3/c1-20(2)38-11-8-25(9-12-38)39(18-22-13-24(16-36-15-22)37-27-7-10-35-17-26(27)31)29(41)28(42-19-40)14-21-3-5-23(6-4-21)30(32,33)34/h3-7,10,13-17,19-20,25H,8-9,11-12,18H2,1-2H3,(H,35,37)/b28-14+. The number of carbonyl (C=O) groups excluding carboxylic acids is 2. The summed E-state index contributed by atoms with van der Waals surface area (Å²) in [7, 11) is 0. The van der Waals surface area contributed by atoms with E-state index in [-0.39, 0.29) is 36.1 Å². The number of likely N-dealkylation sites (tertiary alicyclic amines) is 1. The molecule has 1 N–H and O–H groups in total. The molecule has 1 aliphatic heterocycles. The van der Waals surface area contributed by atoms with Crippen molar-refractivity contribution in [2.75, 3.05) is 18.4 Å². The molecule has 4 rings (SSSR count). The summed E-state index contributed by atoms with van der Waals surface area (Å²) in [4.78, 5) is 37.1. The number of nitrogens with one attached hydrogen (secondary N) is 1. The van der Waals surface area contributed by atoms with Crippen LogP contribution in [0.15, 0.2) is 66.9 Å². The quantitative estimate of drug-likeness (QED) is 0.139. The van der Waals surface area contributed by atoms with Crippen LogP contribution in [0.4, 0.5) is 28.9 Å². The topological polar surface area (TPSA) is 87.7 Å². The molecule has 0 bridgehead atoms. The van der Waals surface area contributed by atoms with Gasteiger partial charge in [0.15, 0.2) is 11.6 Å². The van der Waals surface area contributed by atoms with E-state index in [1.165, 1.54) is 36.7 Å². The van der Waals surface area contributed by atoms with Crippen molar-refractivity contribution in [3.05, 3.63) is 89.5 Å². The zero-order valence-electron chi connectivity index (χ0n) is 23.1. The Kier molecular flexibility index (Phi) is 9.89. The number of amides is 1. The van der Waals surface area contributed by atoms with Gasteiger partial charge in [0.2, 0.25) is 0 Å². The molecule has 0 atom stereocenters. The first-order chi connectivity index (χ1) is 20.0. The molecular formula is C30H31F4N5O3. The van der Waals surface area contributed by atoms with Crippen molar-refractivity contribution < 1.29 is 31.9 Å². The van der Waals surface area contributed by atoms with E-state index >= 15 is 0 Å². The monoisotopic (exact) mass is 585 g/mol. The molecule has 3 aromatic rings. The maximum Gasteiger partial charge on any atom is 0.416 e. The molecule has 12 heteroatoms. The van der Waals surface area contributed by atoms with Gasteiger partial charge in [-0.15, -0.1) is 0 Å². The van der Waals surface area contributed by atoms with Gasteiger partial charge in [0.25, 0.3) is 12.4 Å². The molecule has 1 amide bonds. The number of nitrogens with zero attached hydrogens (tertiary/aromatic N) is 4. The van der Waals surface area contributed by atoms with Crippen molar-refractivity contribution in [3.8, 4) is 0 Å². The Balaban J connectivity index is 1.63. The predicted octanol–water partition coefficient (Wildman–Crippen LogP) is 5.79. The van der Waals surface area contributed by atoms with Crippen LogP contribution in [0.2, 0.25) is 0 Å². The number of hydrogen-bond acceptors (Lipinski definition) is 7. The first-order valence-corrected chi connectivity index (χ1v) is 13.4. The van der Waals surface area contributed by atoms with Crippen LogP contribution in [-0.4, -0.2) is 57.3 Å². The Morgan fingerprint density at radius 3 is 2.45 bits per heavy atom. The van der Waals surface area contributed by atoms with Crippen LogP contribution in [0.1, 0.15) is 43.4 Å². The molecule has 0 aliphatic carbocycles. The minimum Gasteiger partial charge on any atom is -0.423 e. The molecule has 8 nitrogen and oxygen atoms in total. The van der Waals surface area contributed by atoms with Crippen LogP contribution in [-0.2, 0) is 27.0 Å². The lowest BCUT2D eigenvalue weighted by molar-refractivity contribution is -0.139. The number of pyridine rings is 2. The molecule has 1 fully saturated rings. The number of alkyl halides is 3. The highest BCUT2D eigenvalue weighted by molar-refractivity contribution is 5.97. The van der Waals surface area contributed by atoms with Gasteiger partial charge in [-0.05, 0) is 68.2 Å². The van der Waals surface area contributed by atoms with Crippen LogP contribution in [0, 0.1) is 5.82 Å². The fourth-order valence-electron chi connectivity index (χ4n) is 4.81. The molecule has 0 unspecified atom stereocenters. The molecule has 42 heavy (non-hydrogen) atoms. The van der Waals surface area contributed by atoms with E-state index < -0.39 is 23.5 Å². The number of hydrogen-bond donors (Lipinski definition) is 1. The Labute approximate surface area is 241 Å². The predicted molar refractivity (Wildman–Crippen MR) is 149 cm³/mol. The number of rotatable bonds is 10. The fraction of sp³-hybridized carbons (Fsp3) is 0.333. The Morgan fingerprint density at radius 1 is 1.12 bits per heavy atom. The number of carbonyl (C=O) groups is 2. The molecule has 1 saturated heterocycles. The van der Waals surface area contributed by atoms with Crippen LogP contribution in [0.25, 0.3) is 6.08 Å². The van der Waals surface area contributed by atoms with E-state index in [9.17, 15) is 27.2 Å². The largest absolute Gasteiger partial charge is 0.423 e. The van der Waals surface area contributed by atoms with Crippen molar-refractivity contribution in [1.82, 2.24) is 19.8 Å². The lowest BCUT2D eigenvalue weighted by Gasteiger charge is -2.40. The average Bonchev–Trinajstić information content (AvgIpc) is 2.97. The molecule has 2 aromatic heterocycles. The fourth-order valence-corrected chi connectivity index (χ4v) is 4.81. The number of benzene rings is 1. The number of ether oxygens (including phenoxy) is 1. The summed E-state index contributed by atoms with van der Waals surface area (Å²) in [6, 6.07) is 7.52. The van der Waals surface area contributed by atoms with Crippen LogP contribution in [0.3, 0.4) is 0 Å². The van der Waals surface area contributed by atoms with E-state index in [0.717, 1.165) is 31.4 Å². The molecule has 0 saturated carbocycles. The first-order valence-electron chi connectivity index (χ1n) is 13.4. The van der Waals surface area contributed by atoms with E-state index in [0.29, 0.717) is 30.1 Å². The van der Waals surface area contributed by atoms with Crippen LogP contribution >= 0.6 is 0 Å². The molecular weight excluding hydrogens is 554 g/mol. The Bertz CT molecular complexity index is 1400. The minimum atomic E-state index is -4.51. The lowest BCUT2D eigenvalue weighted by atomic mass is 10.0. The summed E-state index contributed by atoms with van der Waals surface area (Å²) in [6.07, 6.45) is 3.68. The Hall–Kier alpha value is -4.32. The summed E-state index contributed by atoms with van der Waals surface area (Å²) in [5.74, 6) is -1.46. The molecule has 0 spiro atoms. The third-order valence-electron chi connectivity index (χ3n) is 7.05. The van der Waals surface area contributed by atoms with Crippen LogP contribution in [0.5, 0.6) is 0 Å². The Morgan fingerprint density at radius 2 is 1.83 bits per heavy atom. The number of halogens is 4. The second kappa shape index (κ2) is 13.6. The van der Waals surface area contributed by atoms with Gasteiger partial charge in [0.05, 0.1) is 29.3 Å². The van der Waals surface area contributed by atoms with E-state index in [4.69, 9.17) is 4.74 Å². The maximum atomic E-state index is 14.1. The summed E-state index contributed by atoms with van der Waals surface area (Å²) in [5, 5.41) is 2.95. The van der Waals surface area contributed by atoms with Gasteiger partial charge < -0.3 is 19.9 Å². The number of anilines is 2. The van der Waals surface area contributed by atoms with Gasteiger partial charge in [-0.2, -0.15) is 13.2 Å². The zero-order valence-corrected chi connectivity index (χ0v) is 23.1. The van der Waals surface area contributed by atoms with Gasteiger partial charge in [-0.3, -0.25) is 19.6 Å². The average molecular weight is 586 g/mol. The zero-order chi connectivity index (χ0) is 30.3. The van der Waals surface area contributed by atoms with Crippen molar-refractivity contribution in [2.45, 2.75) is 51.5 Å². The van der Waals surface area contributed by atoms with Crippen LogP contribution < -0.4 is 5.32 Å². The molecule has 1 aromatic carbocycles. The second-order valence-electron chi connectivity index (χ2n) is 10.2. The highest BCUT2D eigenvalue weighted by Gasteiger charge is 2.32. The summed E-state index contributed by atoms with van der Waals surface area (Å²) in [5.41, 5.74) is 0.752. The smallest absolute Gasteiger partial charge is 0.416 e. The summed E-state index contributed by atoms with van der Waals surface area (Å²) < 4.78 is 58.3. The number of piperidine rings is 1. The molecule has 222 valence electrons. The molecule has 1 aliphatic rings. The first kappa shape index (κ1) is 30.6. The lowest BCUT2D eigenvalue weighted by Crippen LogP contribution is -2.49. The number of aromatic nitrogens is 2. The van der Waals surface area contributed by atoms with Crippen molar-refractivity contribution >= 4 is 29.8 Å². The maximum absolute atomic E-state index is 14.1. The SMILES string of the molecule is CC(C)N1CCC(N(Cc2cncc(Nc3ccncc3F)c2)C(=O)/C(=C\c2ccc(C(F)(F)F)cc2)OC=O)CC1.